The minimum absolute atomic E-state index is 0.253. The van der Waals surface area contributed by atoms with Gasteiger partial charge in [0, 0.05) is 5.70 Å². The van der Waals surface area contributed by atoms with E-state index in [0.717, 1.165) is 11.1 Å². The molecule has 9 heteroatoms. The Labute approximate surface area is 178 Å². The normalized spacial score (nSPS) is 15.2. The van der Waals surface area contributed by atoms with Crippen LogP contribution in [0.4, 0.5) is 10.3 Å². The van der Waals surface area contributed by atoms with Gasteiger partial charge in [-0.15, -0.1) is 0 Å². The van der Waals surface area contributed by atoms with Crippen molar-refractivity contribution < 1.29 is 23.4 Å². The molecule has 4 rings (SSSR count). The van der Waals surface area contributed by atoms with E-state index in [0.29, 0.717) is 28.7 Å². The van der Waals surface area contributed by atoms with Crippen LogP contribution in [0.25, 0.3) is 0 Å². The highest BCUT2D eigenvalue weighted by Crippen LogP contribution is 2.38. The quantitative estimate of drug-likeness (QED) is 0.606. The number of methoxy groups -OCH3 is 2. The van der Waals surface area contributed by atoms with Crippen LogP contribution < -0.4 is 14.8 Å². The molecule has 1 aromatic heterocycles. The fourth-order valence-electron chi connectivity index (χ4n) is 3.49. The first-order chi connectivity index (χ1) is 15.0. The first-order valence-corrected chi connectivity index (χ1v) is 9.52. The third-order valence-electron chi connectivity index (χ3n) is 5.01. The van der Waals surface area contributed by atoms with Crippen LogP contribution in [0.2, 0.25) is 0 Å². The Hall–Kier alpha value is -3.88. The smallest absolute Gasteiger partial charge is 0.338 e. The number of carbonyl (C=O) groups is 1. The monoisotopic (exact) mass is 424 g/mol. The lowest BCUT2D eigenvalue weighted by Crippen LogP contribution is -2.29. The van der Waals surface area contributed by atoms with Crippen molar-refractivity contribution in [3.05, 3.63) is 77.0 Å². The second kappa shape index (κ2) is 8.47. The minimum atomic E-state index is -0.550. The van der Waals surface area contributed by atoms with Crippen LogP contribution in [0, 0.1) is 5.82 Å². The van der Waals surface area contributed by atoms with Crippen LogP contribution in [-0.2, 0) is 16.1 Å². The van der Waals surface area contributed by atoms with Crippen molar-refractivity contribution in [1.29, 1.82) is 0 Å². The molecule has 1 aliphatic heterocycles. The first-order valence-electron chi connectivity index (χ1n) is 9.52. The largest absolute Gasteiger partial charge is 0.493 e. The number of nitrogens with one attached hydrogen (secondary N) is 1. The van der Waals surface area contributed by atoms with Gasteiger partial charge in [0.2, 0.25) is 5.95 Å². The number of anilines is 1. The van der Waals surface area contributed by atoms with Gasteiger partial charge >= 0.3 is 5.97 Å². The van der Waals surface area contributed by atoms with Gasteiger partial charge in [0.25, 0.3) is 0 Å². The molecule has 0 spiro atoms. The van der Waals surface area contributed by atoms with E-state index in [2.05, 4.69) is 15.4 Å². The molecule has 31 heavy (non-hydrogen) atoms. The zero-order chi connectivity index (χ0) is 22.0. The Morgan fingerprint density at radius 2 is 1.94 bits per heavy atom. The Morgan fingerprint density at radius 1 is 1.16 bits per heavy atom. The SMILES string of the molecule is COC(=O)C1=C(C)Nc2ncnn2[C@H]1c1ccc(OCc2ccc(F)cc2)c(OC)c1. The Bertz CT molecular complexity index is 1140. The lowest BCUT2D eigenvalue weighted by atomic mass is 9.95. The number of rotatable bonds is 6. The molecule has 2 aromatic carbocycles. The van der Waals surface area contributed by atoms with Crippen molar-refractivity contribution in [2.75, 3.05) is 19.5 Å². The van der Waals surface area contributed by atoms with Crippen LogP contribution in [-0.4, -0.2) is 35.0 Å². The number of carbonyl (C=O) groups excluding carboxylic acids is 1. The lowest BCUT2D eigenvalue weighted by molar-refractivity contribution is -0.136. The summed E-state index contributed by atoms with van der Waals surface area (Å²) >= 11 is 0. The zero-order valence-electron chi connectivity index (χ0n) is 17.3. The van der Waals surface area contributed by atoms with E-state index < -0.39 is 12.0 Å². The lowest BCUT2D eigenvalue weighted by Gasteiger charge is -2.28. The fourth-order valence-corrected chi connectivity index (χ4v) is 3.49. The Kier molecular flexibility index (Phi) is 5.57. The van der Waals surface area contributed by atoms with E-state index in [-0.39, 0.29) is 12.4 Å². The molecule has 0 unspecified atom stereocenters. The summed E-state index contributed by atoms with van der Waals surface area (Å²) in [6.07, 6.45) is 1.42. The Balaban J connectivity index is 1.67. The number of nitrogens with zero attached hydrogens (tertiary/aromatic N) is 3. The molecular formula is C22H21FN4O4. The fraction of sp³-hybridized carbons (Fsp3) is 0.227. The number of esters is 1. The minimum Gasteiger partial charge on any atom is -0.493 e. The zero-order valence-corrected chi connectivity index (χ0v) is 17.3. The molecule has 3 aromatic rings. The van der Waals surface area contributed by atoms with Gasteiger partial charge in [0.15, 0.2) is 11.5 Å². The number of hydrogen-bond acceptors (Lipinski definition) is 7. The summed E-state index contributed by atoms with van der Waals surface area (Å²) < 4.78 is 31.1. The summed E-state index contributed by atoms with van der Waals surface area (Å²) in [5, 5.41) is 7.35. The number of benzene rings is 2. The number of fused-ring (bicyclic) bond motifs is 1. The standard InChI is InChI=1S/C22H21FN4O4/c1-13-19(21(28)30-3)20(27-22(26-13)24-12-25-27)15-6-9-17(18(10-15)29-2)31-11-14-4-7-16(23)8-5-14/h4-10,12,20H,11H2,1-3H3,(H,24,25,26)/t20-/m0/s1. The summed E-state index contributed by atoms with van der Waals surface area (Å²) in [5.74, 6) is 0.757. The van der Waals surface area contributed by atoms with Gasteiger partial charge in [-0.25, -0.2) is 13.9 Å². The average Bonchev–Trinajstić information content (AvgIpc) is 3.25. The number of allylic oxidation sites excluding steroid dienone is 1. The predicted molar refractivity (Wildman–Crippen MR) is 110 cm³/mol. The molecule has 1 atom stereocenters. The molecule has 8 nitrogen and oxygen atoms in total. The molecule has 0 aliphatic carbocycles. The molecular weight excluding hydrogens is 403 g/mol. The van der Waals surface area contributed by atoms with Gasteiger partial charge in [-0.05, 0) is 42.3 Å². The van der Waals surface area contributed by atoms with Crippen LogP contribution in [0.15, 0.2) is 60.1 Å². The molecule has 160 valence electrons. The molecule has 1 N–H and O–H groups in total. The van der Waals surface area contributed by atoms with E-state index in [9.17, 15) is 9.18 Å². The summed E-state index contributed by atoms with van der Waals surface area (Å²) in [7, 11) is 2.87. The highest BCUT2D eigenvalue weighted by Gasteiger charge is 2.34. The van der Waals surface area contributed by atoms with E-state index in [4.69, 9.17) is 14.2 Å². The van der Waals surface area contributed by atoms with Crippen LogP contribution in [0.1, 0.15) is 24.1 Å². The van der Waals surface area contributed by atoms with Crippen molar-refractivity contribution in [1.82, 2.24) is 14.8 Å². The maximum atomic E-state index is 13.1. The average molecular weight is 424 g/mol. The van der Waals surface area contributed by atoms with Crippen LogP contribution in [0.3, 0.4) is 0 Å². The van der Waals surface area contributed by atoms with Gasteiger partial charge in [0.1, 0.15) is 24.8 Å². The molecule has 0 fully saturated rings. The summed E-state index contributed by atoms with van der Waals surface area (Å²) in [6, 6.07) is 10.9. The third kappa shape index (κ3) is 3.94. The van der Waals surface area contributed by atoms with E-state index in [1.54, 1.807) is 35.9 Å². The predicted octanol–water partition coefficient (Wildman–Crippen LogP) is 3.47. The van der Waals surface area contributed by atoms with Gasteiger partial charge in [0.05, 0.1) is 19.8 Å². The summed E-state index contributed by atoms with van der Waals surface area (Å²) in [5.41, 5.74) is 2.62. The van der Waals surface area contributed by atoms with Crippen molar-refractivity contribution >= 4 is 11.9 Å². The second-order valence-corrected chi connectivity index (χ2v) is 6.91. The second-order valence-electron chi connectivity index (χ2n) is 6.91. The van der Waals surface area contributed by atoms with E-state index in [1.807, 2.05) is 6.07 Å². The van der Waals surface area contributed by atoms with E-state index >= 15 is 0 Å². The first kappa shape index (κ1) is 20.4. The highest BCUT2D eigenvalue weighted by atomic mass is 19.1. The Morgan fingerprint density at radius 3 is 2.65 bits per heavy atom. The van der Waals surface area contributed by atoms with Gasteiger partial charge in [-0.1, -0.05) is 18.2 Å². The molecule has 0 radical (unpaired) electrons. The van der Waals surface area contributed by atoms with E-state index in [1.165, 1.54) is 32.7 Å². The number of hydrogen-bond donors (Lipinski definition) is 1. The van der Waals surface area contributed by atoms with Crippen LogP contribution >= 0.6 is 0 Å². The number of halogens is 1. The molecule has 0 saturated carbocycles. The molecule has 2 heterocycles. The highest BCUT2D eigenvalue weighted by molar-refractivity contribution is 5.92. The van der Waals surface area contributed by atoms with Crippen molar-refractivity contribution in [2.45, 2.75) is 19.6 Å². The van der Waals surface area contributed by atoms with Gasteiger partial charge in [-0.3, -0.25) is 0 Å². The number of aromatic nitrogens is 3. The van der Waals surface area contributed by atoms with Crippen molar-refractivity contribution in [2.24, 2.45) is 0 Å². The third-order valence-corrected chi connectivity index (χ3v) is 5.01. The summed E-state index contributed by atoms with van der Waals surface area (Å²) in [6.45, 7) is 2.04. The molecule has 1 aliphatic rings. The topological polar surface area (TPSA) is 87.5 Å². The van der Waals surface area contributed by atoms with Crippen molar-refractivity contribution in [3.63, 3.8) is 0 Å². The summed E-state index contributed by atoms with van der Waals surface area (Å²) in [4.78, 5) is 16.7. The molecule has 0 amide bonds. The van der Waals surface area contributed by atoms with Crippen LogP contribution in [0.5, 0.6) is 11.5 Å². The molecule has 0 bridgehead atoms. The number of ether oxygens (including phenoxy) is 3. The van der Waals surface area contributed by atoms with Gasteiger partial charge < -0.3 is 19.5 Å². The van der Waals surface area contributed by atoms with Crippen molar-refractivity contribution in [3.8, 4) is 11.5 Å². The molecule has 0 saturated heterocycles. The van der Waals surface area contributed by atoms with Gasteiger partial charge in [-0.2, -0.15) is 10.1 Å². The maximum absolute atomic E-state index is 13.1. The maximum Gasteiger partial charge on any atom is 0.338 e.